The van der Waals surface area contributed by atoms with Crippen LogP contribution in [0.25, 0.3) is 0 Å². The van der Waals surface area contributed by atoms with Gasteiger partial charge in [0, 0.05) is 37.0 Å². The second kappa shape index (κ2) is 7.02. The molecule has 2 rings (SSSR count). The quantitative estimate of drug-likeness (QED) is 0.622. The zero-order valence-corrected chi connectivity index (χ0v) is 13.6. The van der Waals surface area contributed by atoms with Crippen LogP contribution in [0.5, 0.6) is 0 Å². The van der Waals surface area contributed by atoms with Crippen molar-refractivity contribution in [3.8, 4) is 0 Å². The van der Waals surface area contributed by atoms with E-state index in [1.807, 2.05) is 20.8 Å². The third kappa shape index (κ3) is 3.81. The van der Waals surface area contributed by atoms with Crippen molar-refractivity contribution >= 4 is 23.6 Å². The first-order valence-corrected chi connectivity index (χ1v) is 8.34. The molecule has 21 heavy (non-hydrogen) atoms. The highest BCUT2D eigenvalue weighted by Gasteiger charge is 2.35. The number of hydrogen-bond acceptors (Lipinski definition) is 5. The Morgan fingerprint density at radius 2 is 2.24 bits per heavy atom. The van der Waals surface area contributed by atoms with Gasteiger partial charge in [-0.1, -0.05) is 6.92 Å². The van der Waals surface area contributed by atoms with E-state index in [0.29, 0.717) is 13.0 Å². The summed E-state index contributed by atoms with van der Waals surface area (Å²) in [4.78, 5) is 25.9. The summed E-state index contributed by atoms with van der Waals surface area (Å²) in [7, 11) is 0. The highest BCUT2D eigenvalue weighted by atomic mass is 32.2. The van der Waals surface area contributed by atoms with Crippen LogP contribution in [0.3, 0.4) is 0 Å². The Kier molecular flexibility index (Phi) is 5.33. The van der Waals surface area contributed by atoms with Gasteiger partial charge in [-0.05, 0) is 20.3 Å². The largest absolute Gasteiger partial charge is 0.460 e. The summed E-state index contributed by atoms with van der Waals surface area (Å²) in [6.45, 7) is 7.15. The van der Waals surface area contributed by atoms with Gasteiger partial charge >= 0.3 is 5.97 Å². The van der Waals surface area contributed by atoms with Crippen LogP contribution in [0.15, 0.2) is 22.4 Å². The predicted molar refractivity (Wildman–Crippen MR) is 83.4 cm³/mol. The number of ether oxygens (including phenoxy) is 1. The highest BCUT2D eigenvalue weighted by Crippen LogP contribution is 2.42. The van der Waals surface area contributed by atoms with Crippen LogP contribution in [0.2, 0.25) is 0 Å². The van der Waals surface area contributed by atoms with Crippen molar-refractivity contribution in [3.63, 3.8) is 0 Å². The van der Waals surface area contributed by atoms with Gasteiger partial charge in [0.2, 0.25) is 5.91 Å². The fourth-order valence-electron chi connectivity index (χ4n) is 2.30. The normalized spacial score (nSPS) is 19.4. The molecule has 0 aromatic heterocycles. The van der Waals surface area contributed by atoms with E-state index in [0.717, 1.165) is 35.0 Å². The summed E-state index contributed by atoms with van der Waals surface area (Å²) in [5, 5.41) is 3.79. The molecule has 0 radical (unpaired) electrons. The molecule has 1 N–H and O–H groups in total. The summed E-state index contributed by atoms with van der Waals surface area (Å²) in [5.41, 5.74) is 1.71. The molecule has 5 nitrogen and oxygen atoms in total. The van der Waals surface area contributed by atoms with Gasteiger partial charge in [0.1, 0.15) is 0 Å². The van der Waals surface area contributed by atoms with Crippen LogP contribution in [0.1, 0.15) is 33.6 Å². The average molecular weight is 310 g/mol. The lowest BCUT2D eigenvalue weighted by molar-refractivity contribution is -0.142. The van der Waals surface area contributed by atoms with Crippen LogP contribution < -0.4 is 5.32 Å². The van der Waals surface area contributed by atoms with Gasteiger partial charge in [0.15, 0.2) is 0 Å². The van der Waals surface area contributed by atoms with E-state index in [2.05, 4.69) is 10.2 Å². The summed E-state index contributed by atoms with van der Waals surface area (Å²) in [6.07, 6.45) is 3.14. The number of amides is 1. The lowest BCUT2D eigenvalue weighted by Crippen LogP contribution is -2.24. The van der Waals surface area contributed by atoms with Crippen molar-refractivity contribution in [3.05, 3.63) is 22.4 Å². The molecular weight excluding hydrogens is 288 g/mol. The average Bonchev–Trinajstić information content (AvgIpc) is 2.98. The number of nitrogens with zero attached hydrogens (tertiary/aromatic N) is 1. The zero-order chi connectivity index (χ0) is 15.4. The minimum atomic E-state index is -0.230. The van der Waals surface area contributed by atoms with Gasteiger partial charge in [-0.15, -0.1) is 11.8 Å². The fourth-order valence-corrected chi connectivity index (χ4v) is 3.55. The van der Waals surface area contributed by atoms with Gasteiger partial charge < -0.3 is 15.0 Å². The lowest BCUT2D eigenvalue weighted by Gasteiger charge is -2.14. The summed E-state index contributed by atoms with van der Waals surface area (Å²) >= 11 is 1.61. The zero-order valence-electron chi connectivity index (χ0n) is 12.8. The molecule has 0 atom stereocenters. The number of rotatable bonds is 5. The number of nitrogens with one attached hydrogen (secondary N) is 1. The lowest BCUT2D eigenvalue weighted by atomic mass is 10.2. The Balaban J connectivity index is 2.07. The molecule has 2 aliphatic rings. The van der Waals surface area contributed by atoms with Crippen molar-refractivity contribution in [1.29, 1.82) is 0 Å². The highest BCUT2D eigenvalue weighted by molar-refractivity contribution is 8.03. The van der Waals surface area contributed by atoms with E-state index in [4.69, 9.17) is 4.74 Å². The van der Waals surface area contributed by atoms with E-state index < -0.39 is 0 Å². The maximum atomic E-state index is 12.0. The summed E-state index contributed by atoms with van der Waals surface area (Å²) in [5.74, 6) is 0.437. The van der Waals surface area contributed by atoms with Crippen LogP contribution in [-0.2, 0) is 14.3 Å². The topological polar surface area (TPSA) is 58.6 Å². The van der Waals surface area contributed by atoms with Gasteiger partial charge in [-0.25, -0.2) is 4.79 Å². The summed E-state index contributed by atoms with van der Waals surface area (Å²) in [6, 6.07) is 0. The Bertz CT molecular complexity index is 497. The van der Waals surface area contributed by atoms with Gasteiger partial charge in [0.25, 0.3) is 0 Å². The van der Waals surface area contributed by atoms with Crippen molar-refractivity contribution in [2.45, 2.75) is 39.7 Å². The van der Waals surface area contributed by atoms with Crippen molar-refractivity contribution in [2.75, 3.05) is 18.8 Å². The fraction of sp³-hybridized carbons (Fsp3) is 0.600. The number of esters is 1. The van der Waals surface area contributed by atoms with Gasteiger partial charge in [-0.3, -0.25) is 4.79 Å². The minimum absolute atomic E-state index is 0.0630. The van der Waals surface area contributed by atoms with E-state index in [1.54, 1.807) is 17.8 Å². The molecule has 0 unspecified atom stereocenters. The minimum Gasteiger partial charge on any atom is -0.460 e. The maximum absolute atomic E-state index is 12.0. The monoisotopic (exact) mass is 310 g/mol. The molecule has 2 aliphatic heterocycles. The molecule has 116 valence electrons. The third-order valence-electron chi connectivity index (χ3n) is 3.23. The molecule has 1 saturated heterocycles. The van der Waals surface area contributed by atoms with Crippen LogP contribution >= 0.6 is 11.8 Å². The summed E-state index contributed by atoms with van der Waals surface area (Å²) < 4.78 is 5.28. The molecule has 6 heteroatoms. The number of hydrogen-bond donors (Lipinski definition) is 1. The van der Waals surface area contributed by atoms with Crippen LogP contribution in [0.4, 0.5) is 0 Å². The van der Waals surface area contributed by atoms with Gasteiger partial charge in [-0.2, -0.15) is 0 Å². The molecule has 0 aromatic carbocycles. The maximum Gasteiger partial charge on any atom is 0.336 e. The molecular formula is C15H22N2O3S. The van der Waals surface area contributed by atoms with Crippen molar-refractivity contribution in [2.24, 2.45) is 0 Å². The molecule has 1 fully saturated rings. The Hall–Kier alpha value is -1.43. The number of fused-ring (bicyclic) bond motifs is 1. The number of carbonyl (C=O) groups is 2. The smallest absolute Gasteiger partial charge is 0.336 e. The van der Waals surface area contributed by atoms with E-state index in [9.17, 15) is 9.59 Å². The Morgan fingerprint density at radius 3 is 2.90 bits per heavy atom. The molecule has 0 aliphatic carbocycles. The molecule has 0 saturated carbocycles. The van der Waals surface area contributed by atoms with Gasteiger partial charge in [0.05, 0.1) is 16.7 Å². The second-order valence-corrected chi connectivity index (χ2v) is 6.32. The molecule has 2 heterocycles. The van der Waals surface area contributed by atoms with Crippen LogP contribution in [0, 0.1) is 0 Å². The SMILES string of the molecule is CCCNC(=O)C=C1CSC2=C(C(=O)OC(C)C)CCN12. The Morgan fingerprint density at radius 1 is 1.48 bits per heavy atom. The van der Waals surface area contributed by atoms with Crippen LogP contribution in [-0.4, -0.2) is 41.7 Å². The first kappa shape index (κ1) is 15.9. The molecule has 0 aromatic rings. The van der Waals surface area contributed by atoms with E-state index >= 15 is 0 Å². The van der Waals surface area contributed by atoms with E-state index in [-0.39, 0.29) is 18.0 Å². The first-order valence-electron chi connectivity index (χ1n) is 7.35. The third-order valence-corrected chi connectivity index (χ3v) is 4.41. The standard InChI is InChI=1S/C15H22N2O3S/c1-4-6-16-13(18)8-11-9-21-14-12(5-7-17(11)14)15(19)20-10(2)3/h8,10H,4-7,9H2,1-3H3,(H,16,18). The molecule has 1 amide bonds. The first-order chi connectivity index (χ1) is 10.0. The number of thioether (sulfide) groups is 1. The predicted octanol–water partition coefficient (Wildman–Crippen LogP) is 2.01. The van der Waals surface area contributed by atoms with E-state index in [1.165, 1.54) is 0 Å². The Labute approximate surface area is 129 Å². The number of carbonyl (C=O) groups excluding carboxylic acids is 2. The molecule has 0 bridgehead atoms. The molecule has 0 spiro atoms. The second-order valence-electron chi connectivity index (χ2n) is 5.35. The van der Waals surface area contributed by atoms with Crippen molar-refractivity contribution < 1.29 is 14.3 Å². The van der Waals surface area contributed by atoms with Crippen molar-refractivity contribution in [1.82, 2.24) is 10.2 Å².